The maximum Gasteiger partial charge on any atom is 0.457 e. The molecule has 0 radical (unpaired) electrons. The molecule has 2 aromatic rings. The lowest BCUT2D eigenvalue weighted by molar-refractivity contribution is 0.00578. The Morgan fingerprint density at radius 2 is 1.41 bits per heavy atom. The van der Waals surface area contributed by atoms with Crippen molar-refractivity contribution in [2.24, 2.45) is 0 Å². The van der Waals surface area contributed by atoms with E-state index in [1.807, 2.05) is 48.5 Å². The van der Waals surface area contributed by atoms with Gasteiger partial charge in [0.05, 0.1) is 29.4 Å². The van der Waals surface area contributed by atoms with Gasteiger partial charge in [-0.05, 0) is 75.8 Å². The molecule has 4 nitrogen and oxygen atoms in total. The maximum atomic E-state index is 8.88. The molecule has 0 N–H and O–H groups in total. The number of hydrogen-bond donors (Lipinski definition) is 0. The average molecular weight is 363 g/mol. The molecule has 27 heavy (non-hydrogen) atoms. The lowest BCUT2D eigenvalue weighted by Crippen LogP contribution is -2.41. The third kappa shape index (κ3) is 4.52. The van der Waals surface area contributed by atoms with Gasteiger partial charge in [0.2, 0.25) is 0 Å². The summed E-state index contributed by atoms with van der Waals surface area (Å²) in [5.41, 5.74) is 2.30. The Balaban J connectivity index is 1.46. The molecule has 0 aromatic heterocycles. The summed E-state index contributed by atoms with van der Waals surface area (Å²) in [5.74, 6) is 0.848. The van der Waals surface area contributed by atoms with E-state index in [-0.39, 0.29) is 18.3 Å². The Morgan fingerprint density at radius 3 is 1.93 bits per heavy atom. The number of nitriles is 1. The van der Waals surface area contributed by atoms with E-state index in [2.05, 4.69) is 33.8 Å². The molecule has 1 heterocycles. The summed E-state index contributed by atoms with van der Waals surface area (Å²) in [6, 6.07) is 17.7. The molecule has 0 unspecified atom stereocenters. The van der Waals surface area contributed by atoms with Crippen molar-refractivity contribution in [1.29, 1.82) is 5.26 Å². The van der Waals surface area contributed by atoms with Gasteiger partial charge in [0.25, 0.3) is 0 Å². The van der Waals surface area contributed by atoms with Gasteiger partial charge in [0.1, 0.15) is 5.75 Å². The van der Waals surface area contributed by atoms with Gasteiger partial charge < -0.3 is 14.0 Å². The molecule has 1 aliphatic heterocycles. The van der Waals surface area contributed by atoms with Crippen LogP contribution in [0.15, 0.2) is 48.5 Å². The van der Waals surface area contributed by atoms with Crippen molar-refractivity contribution in [1.82, 2.24) is 0 Å². The Bertz CT molecular complexity index is 791. The van der Waals surface area contributed by atoms with E-state index in [4.69, 9.17) is 19.3 Å². The maximum absolute atomic E-state index is 8.88. The van der Waals surface area contributed by atoms with E-state index in [0.29, 0.717) is 12.2 Å². The third-order valence-corrected chi connectivity index (χ3v) is 5.36. The predicted octanol–water partition coefficient (Wildman–Crippen LogP) is 5.09. The van der Waals surface area contributed by atoms with E-state index in [1.165, 1.54) is 0 Å². The van der Waals surface area contributed by atoms with Crippen molar-refractivity contribution in [3.63, 3.8) is 0 Å². The summed E-state index contributed by atoms with van der Waals surface area (Å²) in [4.78, 5) is 0. The van der Waals surface area contributed by atoms with Crippen molar-refractivity contribution in [3.05, 3.63) is 54.1 Å². The number of rotatable bonds is 6. The van der Waals surface area contributed by atoms with Crippen LogP contribution in [0.2, 0.25) is 6.32 Å². The summed E-state index contributed by atoms with van der Waals surface area (Å²) in [7, 11) is -0.169. The number of ether oxygens (including phenoxy) is 1. The zero-order valence-corrected chi connectivity index (χ0v) is 16.5. The highest BCUT2D eigenvalue weighted by Crippen LogP contribution is 2.37. The Morgan fingerprint density at radius 1 is 0.889 bits per heavy atom. The summed E-state index contributed by atoms with van der Waals surface area (Å²) in [6.07, 6.45) is 1.68. The zero-order chi connectivity index (χ0) is 19.5. The van der Waals surface area contributed by atoms with Crippen molar-refractivity contribution < 1.29 is 14.0 Å². The molecule has 2 aromatic carbocycles. The Hall–Kier alpha value is -2.29. The smallest absolute Gasteiger partial charge is 0.457 e. The van der Waals surface area contributed by atoms with Gasteiger partial charge in [0.15, 0.2) is 0 Å². The fourth-order valence-corrected chi connectivity index (χ4v) is 3.00. The van der Waals surface area contributed by atoms with Crippen LogP contribution in [0.1, 0.15) is 39.7 Å². The highest BCUT2D eigenvalue weighted by molar-refractivity contribution is 6.45. The fourth-order valence-electron chi connectivity index (χ4n) is 3.00. The minimum atomic E-state index is -0.278. The van der Waals surface area contributed by atoms with Gasteiger partial charge >= 0.3 is 7.12 Å². The normalized spacial score (nSPS) is 17.5. The van der Waals surface area contributed by atoms with E-state index in [9.17, 15) is 0 Å². The molecule has 1 fully saturated rings. The molecule has 0 bridgehead atoms. The van der Waals surface area contributed by atoms with Gasteiger partial charge in [-0.1, -0.05) is 24.3 Å². The third-order valence-electron chi connectivity index (χ3n) is 5.36. The van der Waals surface area contributed by atoms with Crippen LogP contribution in [-0.4, -0.2) is 24.9 Å². The molecule has 140 valence electrons. The molecule has 0 aliphatic carbocycles. The van der Waals surface area contributed by atoms with E-state index in [1.54, 1.807) is 0 Å². The molecule has 0 spiro atoms. The van der Waals surface area contributed by atoms with Crippen LogP contribution in [-0.2, 0) is 9.31 Å². The first-order valence-electron chi connectivity index (χ1n) is 9.40. The van der Waals surface area contributed by atoms with Crippen LogP contribution in [0, 0.1) is 11.3 Å². The summed E-state index contributed by atoms with van der Waals surface area (Å²) in [6.45, 7) is 8.90. The van der Waals surface area contributed by atoms with Crippen molar-refractivity contribution in [2.45, 2.75) is 51.6 Å². The lowest BCUT2D eigenvalue weighted by Gasteiger charge is -2.32. The van der Waals surface area contributed by atoms with Gasteiger partial charge in [-0.15, -0.1) is 0 Å². The van der Waals surface area contributed by atoms with Crippen LogP contribution in [0.3, 0.4) is 0 Å². The molecular formula is C22H26BNO3. The van der Waals surface area contributed by atoms with E-state index < -0.39 is 0 Å². The second-order valence-electron chi connectivity index (χ2n) is 7.89. The fraction of sp³-hybridized carbons (Fsp3) is 0.409. The van der Waals surface area contributed by atoms with Gasteiger partial charge in [0, 0.05) is 0 Å². The topological polar surface area (TPSA) is 51.5 Å². The first-order valence-corrected chi connectivity index (χ1v) is 9.40. The minimum absolute atomic E-state index is 0.169. The van der Waals surface area contributed by atoms with Crippen LogP contribution in [0.4, 0.5) is 0 Å². The largest absolute Gasteiger partial charge is 0.494 e. The monoisotopic (exact) mass is 363 g/mol. The van der Waals surface area contributed by atoms with Crippen LogP contribution >= 0.6 is 0 Å². The van der Waals surface area contributed by atoms with Crippen LogP contribution in [0.5, 0.6) is 5.75 Å². The van der Waals surface area contributed by atoms with Crippen LogP contribution < -0.4 is 4.74 Å². The first kappa shape index (κ1) is 19.5. The molecule has 0 amide bonds. The van der Waals surface area contributed by atoms with Gasteiger partial charge in [-0.3, -0.25) is 0 Å². The molecule has 3 rings (SSSR count). The second kappa shape index (κ2) is 7.76. The predicted molar refractivity (Wildman–Crippen MR) is 108 cm³/mol. The highest BCUT2D eigenvalue weighted by atomic mass is 16.7. The van der Waals surface area contributed by atoms with Gasteiger partial charge in [-0.2, -0.15) is 5.26 Å². The average Bonchev–Trinajstić information content (AvgIpc) is 2.86. The Labute approximate surface area is 162 Å². The second-order valence-corrected chi connectivity index (χ2v) is 7.89. The van der Waals surface area contributed by atoms with Gasteiger partial charge in [-0.25, -0.2) is 0 Å². The van der Waals surface area contributed by atoms with Crippen LogP contribution in [0.25, 0.3) is 11.1 Å². The molecule has 1 saturated heterocycles. The summed E-state index contributed by atoms with van der Waals surface area (Å²) in [5, 5.41) is 8.88. The SMILES string of the molecule is CC1(C)OB(CCCOc2ccc(-c3ccc(C#N)cc3)cc2)OC1(C)C. The minimum Gasteiger partial charge on any atom is -0.494 e. The number of nitrogens with zero attached hydrogens (tertiary/aromatic N) is 1. The molecule has 1 aliphatic rings. The lowest BCUT2D eigenvalue weighted by atomic mass is 9.83. The summed E-state index contributed by atoms with van der Waals surface area (Å²) >= 11 is 0. The molecule has 0 saturated carbocycles. The Kier molecular flexibility index (Phi) is 5.60. The van der Waals surface area contributed by atoms with E-state index in [0.717, 1.165) is 29.6 Å². The van der Waals surface area contributed by atoms with Crippen molar-refractivity contribution >= 4 is 7.12 Å². The number of hydrogen-bond acceptors (Lipinski definition) is 4. The van der Waals surface area contributed by atoms with Crippen molar-refractivity contribution in [2.75, 3.05) is 6.61 Å². The highest BCUT2D eigenvalue weighted by Gasteiger charge is 2.50. The van der Waals surface area contributed by atoms with Crippen molar-refractivity contribution in [3.8, 4) is 22.9 Å². The number of benzene rings is 2. The standard InChI is InChI=1S/C22H26BNO3/c1-21(2)22(3,4)27-23(26-21)14-5-15-25-20-12-10-19(11-13-20)18-8-6-17(16-24)7-9-18/h6-13H,5,14-15H2,1-4H3. The molecule has 5 heteroatoms. The van der Waals surface area contributed by atoms with E-state index >= 15 is 0 Å². The molecule has 0 atom stereocenters. The zero-order valence-electron chi connectivity index (χ0n) is 16.5. The quantitative estimate of drug-likeness (QED) is 0.530. The summed E-state index contributed by atoms with van der Waals surface area (Å²) < 4.78 is 17.8. The first-order chi connectivity index (χ1) is 12.8. The molecular weight excluding hydrogens is 337 g/mol.